The highest BCUT2D eigenvalue weighted by Crippen LogP contribution is 2.39. The van der Waals surface area contributed by atoms with Crippen molar-refractivity contribution in [2.75, 3.05) is 16.4 Å². The molecule has 1 saturated heterocycles. The Balaban J connectivity index is 1.66. The number of rotatable bonds is 4. The second-order valence-electron chi connectivity index (χ2n) is 9.51. The zero-order valence-corrected chi connectivity index (χ0v) is 19.9. The summed E-state index contributed by atoms with van der Waals surface area (Å²) in [6.07, 6.45) is 4.86. The minimum absolute atomic E-state index is 0.00579. The van der Waals surface area contributed by atoms with Crippen molar-refractivity contribution in [1.82, 2.24) is 19.3 Å². The summed E-state index contributed by atoms with van der Waals surface area (Å²) in [4.78, 5) is 18.4. The number of carboxylic acid groups (broad SMARTS) is 1. The maximum absolute atomic E-state index is 12.3. The van der Waals surface area contributed by atoms with Crippen LogP contribution in [0.15, 0.2) is 24.5 Å². The Morgan fingerprint density at radius 2 is 2.09 bits per heavy atom. The van der Waals surface area contributed by atoms with Gasteiger partial charge in [-0.1, -0.05) is 6.92 Å². The van der Waals surface area contributed by atoms with Crippen LogP contribution < -0.4 is 4.90 Å². The lowest BCUT2D eigenvalue weighted by Crippen LogP contribution is -2.41. The largest absolute Gasteiger partial charge is 0.465 e. The average Bonchev–Trinajstić information content (AvgIpc) is 3.43. The van der Waals surface area contributed by atoms with E-state index in [2.05, 4.69) is 16.6 Å². The molecule has 4 heterocycles. The number of benzene rings is 1. The molecule has 3 atom stereocenters. The molecule has 0 aliphatic carbocycles. The number of aromatic nitrogens is 4. The Kier molecular flexibility index (Phi) is 5.23. The Morgan fingerprint density at radius 3 is 2.73 bits per heavy atom. The van der Waals surface area contributed by atoms with Crippen LogP contribution >= 0.6 is 0 Å². The molecule has 2 aromatic heterocycles. The van der Waals surface area contributed by atoms with E-state index in [1.165, 1.54) is 4.90 Å². The van der Waals surface area contributed by atoms with Crippen LogP contribution in [0.25, 0.3) is 11.0 Å². The highest BCUT2D eigenvalue weighted by Gasteiger charge is 2.35. The number of fused-ring (bicyclic) bond motifs is 3. The fraction of sp³-hybridized carbons (Fsp3) is 0.522. The third kappa shape index (κ3) is 3.80. The lowest BCUT2D eigenvalue weighted by molar-refractivity contribution is 0.198. The number of nitrogens with zero attached hydrogens (tertiary/aromatic N) is 5. The smallest absolute Gasteiger partial charge is 0.412 e. The van der Waals surface area contributed by atoms with E-state index < -0.39 is 15.9 Å². The first-order chi connectivity index (χ1) is 15.6. The van der Waals surface area contributed by atoms with Crippen LogP contribution in [-0.2, 0) is 22.8 Å². The molecule has 176 valence electrons. The second kappa shape index (κ2) is 7.86. The summed E-state index contributed by atoms with van der Waals surface area (Å²) in [6, 6.07) is 3.49. The van der Waals surface area contributed by atoms with Gasteiger partial charge in [0.25, 0.3) is 0 Å². The van der Waals surface area contributed by atoms with E-state index in [0.29, 0.717) is 18.7 Å². The summed E-state index contributed by atoms with van der Waals surface area (Å²) >= 11 is 0. The van der Waals surface area contributed by atoms with E-state index >= 15 is 0 Å². The van der Waals surface area contributed by atoms with E-state index in [1.54, 1.807) is 0 Å². The highest BCUT2D eigenvalue weighted by atomic mass is 32.2. The van der Waals surface area contributed by atoms with Crippen LogP contribution in [-0.4, -0.2) is 56.5 Å². The van der Waals surface area contributed by atoms with Gasteiger partial charge in [-0.15, -0.1) is 0 Å². The zero-order chi connectivity index (χ0) is 23.5. The Morgan fingerprint density at radius 1 is 1.30 bits per heavy atom. The first kappa shape index (κ1) is 21.9. The first-order valence-corrected chi connectivity index (χ1v) is 13.2. The average molecular weight is 472 g/mol. The van der Waals surface area contributed by atoms with Gasteiger partial charge in [-0.3, -0.25) is 9.58 Å². The molecule has 0 radical (unpaired) electrons. The molecule has 0 unspecified atom stereocenters. The van der Waals surface area contributed by atoms with Crippen molar-refractivity contribution < 1.29 is 18.3 Å². The predicted octanol–water partition coefficient (Wildman–Crippen LogP) is 3.52. The number of amides is 1. The molecule has 2 aliphatic rings. The minimum Gasteiger partial charge on any atom is -0.465 e. The highest BCUT2D eigenvalue weighted by molar-refractivity contribution is 7.91. The van der Waals surface area contributed by atoms with Crippen LogP contribution in [0.1, 0.15) is 55.6 Å². The summed E-state index contributed by atoms with van der Waals surface area (Å²) in [5.74, 6) is 1.11. The number of aryl methyl sites for hydroxylation is 2. The zero-order valence-electron chi connectivity index (χ0n) is 19.1. The lowest BCUT2D eigenvalue weighted by Gasteiger charge is -2.33. The monoisotopic (exact) mass is 471 g/mol. The second-order valence-corrected chi connectivity index (χ2v) is 11.7. The third-order valence-corrected chi connectivity index (χ3v) is 8.68. The van der Waals surface area contributed by atoms with Gasteiger partial charge in [0.15, 0.2) is 9.84 Å². The predicted molar refractivity (Wildman–Crippen MR) is 126 cm³/mol. The van der Waals surface area contributed by atoms with Gasteiger partial charge in [0.1, 0.15) is 5.82 Å². The molecule has 0 saturated carbocycles. The van der Waals surface area contributed by atoms with Crippen LogP contribution in [0.5, 0.6) is 0 Å². The molecular weight excluding hydrogens is 442 g/mol. The van der Waals surface area contributed by atoms with Gasteiger partial charge in [-0.25, -0.2) is 18.2 Å². The van der Waals surface area contributed by atoms with Gasteiger partial charge in [0, 0.05) is 23.7 Å². The van der Waals surface area contributed by atoms with Gasteiger partial charge >= 0.3 is 6.09 Å². The van der Waals surface area contributed by atoms with Crippen LogP contribution in [0, 0.1) is 6.92 Å². The van der Waals surface area contributed by atoms with E-state index in [9.17, 15) is 18.3 Å². The Bertz CT molecular complexity index is 1340. The number of imidazole rings is 1. The molecule has 1 fully saturated rings. The first-order valence-electron chi connectivity index (χ1n) is 11.4. The van der Waals surface area contributed by atoms with Crippen molar-refractivity contribution in [3.63, 3.8) is 0 Å². The maximum atomic E-state index is 12.3. The lowest BCUT2D eigenvalue weighted by atomic mass is 9.95. The molecule has 3 aromatic rings. The molecule has 33 heavy (non-hydrogen) atoms. The number of carbonyl (C=O) groups is 1. The minimum atomic E-state index is -3.08. The molecule has 2 aliphatic heterocycles. The summed E-state index contributed by atoms with van der Waals surface area (Å²) in [5, 5.41) is 14.2. The molecule has 9 nitrogen and oxygen atoms in total. The van der Waals surface area contributed by atoms with E-state index in [-0.39, 0.29) is 29.5 Å². The molecule has 1 aromatic carbocycles. The fourth-order valence-electron chi connectivity index (χ4n) is 5.35. The molecule has 0 bridgehead atoms. The third-order valence-electron chi connectivity index (χ3n) is 6.93. The molecule has 1 N–H and O–H groups in total. The van der Waals surface area contributed by atoms with Gasteiger partial charge in [0.05, 0.1) is 47.0 Å². The summed E-state index contributed by atoms with van der Waals surface area (Å²) in [7, 11) is -3.08. The van der Waals surface area contributed by atoms with Gasteiger partial charge in [0.2, 0.25) is 0 Å². The summed E-state index contributed by atoms with van der Waals surface area (Å²) in [5.41, 5.74) is 4.35. The summed E-state index contributed by atoms with van der Waals surface area (Å²) in [6.45, 7) is 6.62. The number of hydrogen-bond acceptors (Lipinski definition) is 5. The molecule has 5 rings (SSSR count). The Labute approximate surface area is 192 Å². The fourth-order valence-corrected chi connectivity index (χ4v) is 7.05. The van der Waals surface area contributed by atoms with E-state index in [0.717, 1.165) is 40.8 Å². The molecule has 0 spiro atoms. The van der Waals surface area contributed by atoms with Gasteiger partial charge in [-0.2, -0.15) is 5.10 Å². The number of sulfone groups is 1. The van der Waals surface area contributed by atoms with Crippen molar-refractivity contribution in [1.29, 1.82) is 0 Å². The van der Waals surface area contributed by atoms with Gasteiger partial charge < -0.3 is 9.67 Å². The van der Waals surface area contributed by atoms with Crippen molar-refractivity contribution >= 4 is 32.7 Å². The van der Waals surface area contributed by atoms with Crippen molar-refractivity contribution in [3.05, 3.63) is 41.5 Å². The number of anilines is 1. The van der Waals surface area contributed by atoms with Crippen molar-refractivity contribution in [2.45, 2.75) is 64.6 Å². The van der Waals surface area contributed by atoms with E-state index in [1.807, 2.05) is 43.1 Å². The van der Waals surface area contributed by atoms with Crippen molar-refractivity contribution in [2.24, 2.45) is 0 Å². The van der Waals surface area contributed by atoms with Crippen LogP contribution in [0.3, 0.4) is 0 Å². The normalized spacial score (nSPS) is 23.1. The van der Waals surface area contributed by atoms with E-state index in [4.69, 9.17) is 4.98 Å². The Hall–Kier alpha value is -2.88. The molecule has 1 amide bonds. The molecular formula is C23H29N5O4S. The SMILES string of the molecule is Cc1cnn(C[C@@H](C)c2nc3c4c(ccc3n2[C@H]2CCS(=O)(=O)C2)N(C(=O)O)[C@@H](C)CC4)c1. The summed E-state index contributed by atoms with van der Waals surface area (Å²) < 4.78 is 28.6. The van der Waals surface area contributed by atoms with Gasteiger partial charge in [-0.05, 0) is 50.8 Å². The molecule has 10 heteroatoms. The van der Waals surface area contributed by atoms with Crippen LogP contribution in [0.2, 0.25) is 0 Å². The van der Waals surface area contributed by atoms with Crippen LogP contribution in [0.4, 0.5) is 10.5 Å². The maximum Gasteiger partial charge on any atom is 0.412 e. The topological polar surface area (TPSA) is 110 Å². The quantitative estimate of drug-likeness (QED) is 0.623. The number of hydrogen-bond donors (Lipinski definition) is 1. The standard InChI is InChI=1S/C23H29N5O4S/c1-14-10-24-26(11-14)12-15(2)22-25-21-18-5-4-16(3)27(23(29)30)19(18)6-7-20(21)28(22)17-8-9-33(31,32)13-17/h6-7,10-11,15-17H,4-5,8-9,12-13H2,1-3H3,(H,29,30)/t15-,16+,17+/m1/s1. The van der Waals surface area contributed by atoms with Crippen molar-refractivity contribution in [3.8, 4) is 0 Å².